The van der Waals surface area contributed by atoms with E-state index in [4.69, 9.17) is 21.1 Å². The zero-order valence-corrected chi connectivity index (χ0v) is 15.5. The number of rotatable bonds is 7. The van der Waals surface area contributed by atoms with Crippen LogP contribution in [0.5, 0.6) is 11.5 Å². The number of hydrogen-bond donors (Lipinski definition) is 1. The van der Waals surface area contributed by atoms with Crippen LogP contribution in [0.2, 0.25) is 5.02 Å². The minimum absolute atomic E-state index is 0.0315. The third-order valence-electron chi connectivity index (χ3n) is 4.48. The Hall–Kier alpha value is -1.46. The van der Waals surface area contributed by atoms with Gasteiger partial charge in [0.25, 0.3) is 0 Å². The molecule has 24 heavy (non-hydrogen) atoms. The van der Waals surface area contributed by atoms with Crippen molar-refractivity contribution in [3.05, 3.63) is 22.7 Å². The van der Waals surface area contributed by atoms with E-state index in [0.717, 1.165) is 31.6 Å². The summed E-state index contributed by atoms with van der Waals surface area (Å²) < 4.78 is 10.7. The summed E-state index contributed by atoms with van der Waals surface area (Å²) in [6, 6.07) is 4.42. The summed E-state index contributed by atoms with van der Waals surface area (Å²) in [4.78, 5) is 13.5. The monoisotopic (exact) mass is 354 g/mol. The molecular weight excluding hydrogens is 328 g/mol. The Morgan fingerprint density at radius 3 is 2.79 bits per heavy atom. The molecule has 1 amide bonds. The normalized spacial score (nSPS) is 18.2. The van der Waals surface area contributed by atoms with Crippen molar-refractivity contribution in [3.8, 4) is 11.5 Å². The van der Waals surface area contributed by atoms with Gasteiger partial charge in [-0.2, -0.15) is 0 Å². The van der Waals surface area contributed by atoms with E-state index in [9.17, 15) is 4.79 Å². The molecule has 0 aromatic heterocycles. The minimum atomic E-state index is 0.0315. The Balaban J connectivity index is 2.06. The molecule has 2 rings (SSSR count). The molecule has 1 saturated heterocycles. The molecule has 1 unspecified atom stereocenters. The number of piperidine rings is 1. The molecule has 1 aromatic carbocycles. The number of halogens is 1. The van der Waals surface area contributed by atoms with Crippen LogP contribution >= 0.6 is 11.6 Å². The number of carbonyl (C=O) groups excluding carboxylic acids is 1. The van der Waals surface area contributed by atoms with Crippen LogP contribution < -0.4 is 14.8 Å². The van der Waals surface area contributed by atoms with Crippen molar-refractivity contribution in [1.29, 1.82) is 0 Å². The van der Waals surface area contributed by atoms with Gasteiger partial charge in [0, 0.05) is 26.1 Å². The highest BCUT2D eigenvalue weighted by Gasteiger charge is 2.23. The molecule has 0 spiro atoms. The van der Waals surface area contributed by atoms with E-state index < -0.39 is 0 Å². The number of nitrogens with zero attached hydrogens (tertiary/aromatic N) is 1. The van der Waals surface area contributed by atoms with Crippen LogP contribution in [-0.4, -0.2) is 44.2 Å². The molecule has 134 valence electrons. The van der Waals surface area contributed by atoms with E-state index in [0.29, 0.717) is 22.6 Å². The molecule has 5 nitrogen and oxygen atoms in total. The fourth-order valence-electron chi connectivity index (χ4n) is 3.31. The lowest BCUT2D eigenvalue weighted by atomic mass is 9.98. The first kappa shape index (κ1) is 18.9. The Morgan fingerprint density at radius 2 is 2.12 bits per heavy atom. The van der Waals surface area contributed by atoms with Gasteiger partial charge < -0.3 is 14.8 Å². The summed E-state index contributed by atoms with van der Waals surface area (Å²) in [6.07, 6.45) is 4.59. The van der Waals surface area contributed by atoms with Crippen LogP contribution in [0.1, 0.15) is 38.2 Å². The third kappa shape index (κ3) is 5.02. The highest BCUT2D eigenvalue weighted by atomic mass is 35.5. The SMILES string of the molecule is COc1cc(CN2CCCCC2CCNC(C)=O)cc(Cl)c1OC. The minimum Gasteiger partial charge on any atom is -0.493 e. The number of likely N-dealkylation sites (tertiary alicyclic amines) is 1. The molecule has 1 heterocycles. The quantitative estimate of drug-likeness (QED) is 0.816. The number of carbonyl (C=O) groups is 1. The van der Waals surface area contributed by atoms with Crippen molar-refractivity contribution >= 4 is 17.5 Å². The summed E-state index contributed by atoms with van der Waals surface area (Å²) in [6.45, 7) is 4.18. The van der Waals surface area contributed by atoms with Crippen molar-refractivity contribution in [2.75, 3.05) is 27.3 Å². The van der Waals surface area contributed by atoms with E-state index in [1.807, 2.05) is 12.1 Å². The second-order valence-electron chi connectivity index (χ2n) is 6.20. The predicted octanol–water partition coefficient (Wildman–Crippen LogP) is 3.24. The molecule has 1 aliphatic heterocycles. The maximum atomic E-state index is 11.1. The Morgan fingerprint density at radius 1 is 1.33 bits per heavy atom. The second-order valence-corrected chi connectivity index (χ2v) is 6.61. The lowest BCUT2D eigenvalue weighted by molar-refractivity contribution is -0.119. The molecule has 0 bridgehead atoms. The average molecular weight is 355 g/mol. The van der Waals surface area contributed by atoms with Crippen molar-refractivity contribution in [2.45, 2.75) is 45.2 Å². The molecule has 6 heteroatoms. The average Bonchev–Trinajstić information content (AvgIpc) is 2.55. The van der Waals surface area contributed by atoms with Crippen LogP contribution in [0.25, 0.3) is 0 Å². The van der Waals surface area contributed by atoms with Crippen LogP contribution in [0, 0.1) is 0 Å². The van der Waals surface area contributed by atoms with Gasteiger partial charge in [-0.25, -0.2) is 0 Å². The van der Waals surface area contributed by atoms with Crippen molar-refractivity contribution in [3.63, 3.8) is 0 Å². The van der Waals surface area contributed by atoms with Crippen molar-refractivity contribution < 1.29 is 14.3 Å². The smallest absolute Gasteiger partial charge is 0.216 e. The molecule has 1 aromatic rings. The van der Waals surface area contributed by atoms with E-state index in [2.05, 4.69) is 10.2 Å². The van der Waals surface area contributed by atoms with Gasteiger partial charge >= 0.3 is 0 Å². The fraction of sp³-hybridized carbons (Fsp3) is 0.611. The fourth-order valence-corrected chi connectivity index (χ4v) is 3.62. The highest BCUT2D eigenvalue weighted by molar-refractivity contribution is 6.32. The molecule has 1 fully saturated rings. The first-order chi connectivity index (χ1) is 11.5. The van der Waals surface area contributed by atoms with Gasteiger partial charge in [0.2, 0.25) is 5.91 Å². The van der Waals surface area contributed by atoms with Gasteiger partial charge in [-0.15, -0.1) is 0 Å². The van der Waals surface area contributed by atoms with Crippen LogP contribution in [-0.2, 0) is 11.3 Å². The number of benzene rings is 1. The number of ether oxygens (including phenoxy) is 2. The van der Waals surface area contributed by atoms with Gasteiger partial charge in [-0.3, -0.25) is 9.69 Å². The lowest BCUT2D eigenvalue weighted by Gasteiger charge is -2.36. The Kier molecular flexibility index (Phi) is 7.18. The van der Waals surface area contributed by atoms with Crippen molar-refractivity contribution in [1.82, 2.24) is 10.2 Å². The van der Waals surface area contributed by atoms with Gasteiger partial charge in [-0.05, 0) is 43.5 Å². The number of nitrogens with one attached hydrogen (secondary N) is 1. The summed E-state index contributed by atoms with van der Waals surface area (Å²) in [5.74, 6) is 1.26. The van der Waals surface area contributed by atoms with E-state index in [1.165, 1.54) is 19.3 Å². The van der Waals surface area contributed by atoms with Gasteiger partial charge in [0.1, 0.15) is 0 Å². The zero-order valence-electron chi connectivity index (χ0n) is 14.7. The summed E-state index contributed by atoms with van der Waals surface area (Å²) in [5.41, 5.74) is 1.11. The maximum absolute atomic E-state index is 11.1. The molecule has 1 aliphatic rings. The number of methoxy groups -OCH3 is 2. The molecular formula is C18H27ClN2O3. The lowest BCUT2D eigenvalue weighted by Crippen LogP contribution is -2.41. The van der Waals surface area contributed by atoms with E-state index in [-0.39, 0.29) is 5.91 Å². The summed E-state index contributed by atoms with van der Waals surface area (Å²) in [7, 11) is 3.21. The molecule has 1 N–H and O–H groups in total. The van der Waals surface area contributed by atoms with Gasteiger partial charge in [-0.1, -0.05) is 18.0 Å². The first-order valence-corrected chi connectivity index (χ1v) is 8.81. The topological polar surface area (TPSA) is 50.8 Å². The number of amides is 1. The molecule has 0 radical (unpaired) electrons. The Labute approximate surface area is 149 Å². The maximum Gasteiger partial charge on any atom is 0.216 e. The van der Waals surface area contributed by atoms with E-state index in [1.54, 1.807) is 21.1 Å². The van der Waals surface area contributed by atoms with Gasteiger partial charge in [0.15, 0.2) is 11.5 Å². The van der Waals surface area contributed by atoms with Crippen LogP contribution in [0.15, 0.2) is 12.1 Å². The largest absolute Gasteiger partial charge is 0.493 e. The van der Waals surface area contributed by atoms with Crippen LogP contribution in [0.4, 0.5) is 0 Å². The Bertz CT molecular complexity index is 565. The van der Waals surface area contributed by atoms with Crippen molar-refractivity contribution in [2.24, 2.45) is 0 Å². The molecule has 0 aliphatic carbocycles. The first-order valence-electron chi connectivity index (χ1n) is 8.44. The predicted molar refractivity (Wildman–Crippen MR) is 95.9 cm³/mol. The standard InChI is InChI=1S/C18H27ClN2O3/c1-13(22)20-8-7-15-6-4-5-9-21(15)12-14-10-16(19)18(24-3)17(11-14)23-2/h10-11,15H,4-9,12H2,1-3H3,(H,20,22). The molecule has 0 saturated carbocycles. The second kappa shape index (κ2) is 9.14. The van der Waals surface area contributed by atoms with Gasteiger partial charge in [0.05, 0.1) is 19.2 Å². The number of hydrogen-bond acceptors (Lipinski definition) is 4. The van der Waals surface area contributed by atoms with E-state index >= 15 is 0 Å². The summed E-state index contributed by atoms with van der Waals surface area (Å²) in [5, 5.41) is 3.46. The van der Waals surface area contributed by atoms with Crippen LogP contribution in [0.3, 0.4) is 0 Å². The zero-order chi connectivity index (χ0) is 17.5. The summed E-state index contributed by atoms with van der Waals surface area (Å²) >= 11 is 6.31. The third-order valence-corrected chi connectivity index (χ3v) is 4.76. The highest BCUT2D eigenvalue weighted by Crippen LogP contribution is 2.36. The molecule has 1 atom stereocenters.